The largest absolute Gasteiger partial charge is 0.507 e. The van der Waals surface area contributed by atoms with Gasteiger partial charge in [-0.2, -0.15) is 5.01 Å². The molecule has 3 N–H and O–H groups in total. The van der Waals surface area contributed by atoms with Crippen LogP contribution in [0.2, 0.25) is 0 Å². The van der Waals surface area contributed by atoms with Crippen LogP contribution in [0.1, 0.15) is 175 Å². The molecule has 1 aromatic carbocycles. The Labute approximate surface area is 278 Å². The molecule has 1 aliphatic heterocycles. The molecule has 1 fully saturated rings. The summed E-state index contributed by atoms with van der Waals surface area (Å²) in [4.78, 5) is 51.0. The van der Waals surface area contributed by atoms with Gasteiger partial charge < -0.3 is 10.4 Å². The lowest BCUT2D eigenvalue weighted by Crippen LogP contribution is -2.50. The molecular weight excluding hydrogens is 578 g/mol. The third-order valence-electron chi connectivity index (χ3n) is 9.05. The van der Waals surface area contributed by atoms with Gasteiger partial charge in [0, 0.05) is 29.2 Å². The zero-order valence-electron chi connectivity index (χ0n) is 30.0. The summed E-state index contributed by atoms with van der Waals surface area (Å²) in [7, 11) is 0. The summed E-state index contributed by atoms with van der Waals surface area (Å²) >= 11 is 0. The van der Waals surface area contributed by atoms with Crippen molar-refractivity contribution in [1.82, 2.24) is 10.4 Å². The number of rotatable bonds is 19. The van der Waals surface area contributed by atoms with Crippen LogP contribution in [0.4, 0.5) is 5.69 Å². The highest BCUT2D eigenvalue weighted by Gasteiger charge is 2.40. The van der Waals surface area contributed by atoms with E-state index in [1.807, 2.05) is 41.5 Å². The van der Waals surface area contributed by atoms with Crippen molar-refractivity contribution in [2.24, 2.45) is 5.92 Å². The van der Waals surface area contributed by atoms with E-state index in [2.05, 4.69) is 17.7 Å². The third-order valence-corrected chi connectivity index (χ3v) is 9.05. The Morgan fingerprint density at radius 1 is 0.717 bits per heavy atom. The molecule has 0 aliphatic carbocycles. The van der Waals surface area contributed by atoms with Gasteiger partial charge in [-0.3, -0.25) is 19.2 Å². The molecular formula is C38H63N3O5. The maximum atomic E-state index is 12.9. The molecule has 4 amide bonds. The zero-order valence-corrected chi connectivity index (χ0v) is 30.0. The Balaban J connectivity index is 1.70. The number of phenols is 1. The van der Waals surface area contributed by atoms with E-state index in [4.69, 9.17) is 0 Å². The van der Waals surface area contributed by atoms with Gasteiger partial charge in [0.25, 0.3) is 5.91 Å². The summed E-state index contributed by atoms with van der Waals surface area (Å²) in [5.41, 5.74) is 3.02. The van der Waals surface area contributed by atoms with Gasteiger partial charge >= 0.3 is 11.8 Å². The average molecular weight is 642 g/mol. The number of nitrogens with one attached hydrogen (secondary N) is 2. The maximum absolute atomic E-state index is 12.9. The topological polar surface area (TPSA) is 116 Å². The van der Waals surface area contributed by atoms with Crippen molar-refractivity contribution >= 4 is 29.3 Å². The minimum atomic E-state index is -1.09. The van der Waals surface area contributed by atoms with Crippen molar-refractivity contribution in [2.75, 3.05) is 5.32 Å². The van der Waals surface area contributed by atoms with E-state index >= 15 is 0 Å². The van der Waals surface area contributed by atoms with Crippen LogP contribution >= 0.6 is 0 Å². The second-order valence-electron chi connectivity index (χ2n) is 15.4. The number of benzene rings is 1. The third kappa shape index (κ3) is 13.1. The number of unbranched alkanes of at least 4 members (excludes halogenated alkanes) is 15. The highest BCUT2D eigenvalue weighted by Crippen LogP contribution is 2.41. The van der Waals surface area contributed by atoms with Gasteiger partial charge in [0.15, 0.2) is 0 Å². The van der Waals surface area contributed by atoms with E-state index in [1.54, 1.807) is 12.1 Å². The number of hydrogen-bond acceptors (Lipinski definition) is 5. The second kappa shape index (κ2) is 19.0. The summed E-state index contributed by atoms with van der Waals surface area (Å²) in [6.07, 6.45) is 21.0. The number of imide groups is 1. The molecule has 0 aromatic heterocycles. The molecule has 8 heteroatoms. The number of hydrazine groups is 1. The normalized spacial score (nSPS) is 15.5. The summed E-state index contributed by atoms with van der Waals surface area (Å²) in [6.45, 7) is 14.0. The van der Waals surface area contributed by atoms with Gasteiger partial charge in [0.05, 0.1) is 0 Å². The number of carbonyl (C=O) groups excluding carboxylic acids is 4. The van der Waals surface area contributed by atoms with Crippen molar-refractivity contribution in [3.05, 3.63) is 23.3 Å². The molecule has 46 heavy (non-hydrogen) atoms. The molecule has 1 aromatic rings. The number of nitrogens with zero attached hydrogens (tertiary/aromatic N) is 1. The lowest BCUT2D eigenvalue weighted by atomic mass is 9.79. The monoisotopic (exact) mass is 641 g/mol. The number of aromatic hydroxyl groups is 1. The summed E-state index contributed by atoms with van der Waals surface area (Å²) < 4.78 is 0. The zero-order chi connectivity index (χ0) is 34.3. The Bertz CT molecular complexity index is 1110. The van der Waals surface area contributed by atoms with E-state index in [0.29, 0.717) is 28.2 Å². The molecule has 260 valence electrons. The second-order valence-corrected chi connectivity index (χ2v) is 15.4. The fraction of sp³-hybridized carbons (Fsp3) is 0.737. The minimum absolute atomic E-state index is 0.0430. The maximum Gasteiger partial charge on any atom is 0.328 e. The van der Waals surface area contributed by atoms with Crippen LogP contribution in [0.25, 0.3) is 0 Å². The van der Waals surface area contributed by atoms with E-state index in [-0.39, 0.29) is 12.2 Å². The van der Waals surface area contributed by atoms with E-state index in [1.165, 1.54) is 83.5 Å². The fourth-order valence-corrected chi connectivity index (χ4v) is 6.17. The Morgan fingerprint density at radius 2 is 1.13 bits per heavy atom. The van der Waals surface area contributed by atoms with Crippen LogP contribution in [0.3, 0.4) is 0 Å². The predicted molar refractivity (Wildman–Crippen MR) is 186 cm³/mol. The van der Waals surface area contributed by atoms with Gasteiger partial charge in [-0.25, -0.2) is 5.43 Å². The number of phenolic OH excluding ortho intramolecular Hbond substituents is 1. The van der Waals surface area contributed by atoms with E-state index in [9.17, 15) is 24.3 Å². The van der Waals surface area contributed by atoms with Crippen molar-refractivity contribution in [2.45, 2.75) is 175 Å². The van der Waals surface area contributed by atoms with Crippen molar-refractivity contribution < 1.29 is 24.3 Å². The molecule has 1 heterocycles. The average Bonchev–Trinajstić information content (AvgIpc) is 3.23. The van der Waals surface area contributed by atoms with Crippen LogP contribution in [0, 0.1) is 5.92 Å². The molecule has 1 unspecified atom stereocenters. The summed E-state index contributed by atoms with van der Waals surface area (Å²) in [5.74, 6) is -3.35. The van der Waals surface area contributed by atoms with Gasteiger partial charge in [0.2, 0.25) is 5.91 Å². The first kappa shape index (κ1) is 39.3. The number of hydrogen-bond donors (Lipinski definition) is 3. The highest BCUT2D eigenvalue weighted by molar-refractivity contribution is 6.40. The lowest BCUT2D eigenvalue weighted by Gasteiger charge is -2.28. The van der Waals surface area contributed by atoms with E-state index < -0.39 is 40.4 Å². The molecule has 8 nitrogen and oxygen atoms in total. The van der Waals surface area contributed by atoms with Crippen molar-refractivity contribution in [1.29, 1.82) is 0 Å². The molecule has 1 atom stereocenters. The first-order valence-corrected chi connectivity index (χ1v) is 18.0. The quantitative estimate of drug-likeness (QED) is 0.0603. The summed E-state index contributed by atoms with van der Waals surface area (Å²) in [6, 6.07) is 3.30. The molecule has 0 saturated carbocycles. The SMILES string of the molecule is CCCCCCCCCCCCCCCCCCC1CC(=O)N(NC(=O)C(=O)Nc2cc(C(C)(C)C)c(O)c(C(C)(C)C)c2)C1=O. The highest BCUT2D eigenvalue weighted by atomic mass is 16.3. The lowest BCUT2D eigenvalue weighted by molar-refractivity contribution is -0.150. The van der Waals surface area contributed by atoms with Crippen LogP contribution in [-0.4, -0.2) is 33.7 Å². The fourth-order valence-electron chi connectivity index (χ4n) is 6.17. The Hall–Kier alpha value is -2.90. The predicted octanol–water partition coefficient (Wildman–Crippen LogP) is 8.98. The molecule has 2 rings (SSSR count). The van der Waals surface area contributed by atoms with Crippen LogP contribution in [0.5, 0.6) is 5.75 Å². The molecule has 1 aliphatic rings. The summed E-state index contributed by atoms with van der Waals surface area (Å²) in [5, 5.41) is 14.2. The Morgan fingerprint density at radius 3 is 1.54 bits per heavy atom. The molecule has 1 saturated heterocycles. The number of anilines is 1. The number of carbonyl (C=O) groups is 4. The smallest absolute Gasteiger partial charge is 0.328 e. The van der Waals surface area contributed by atoms with Gasteiger partial charge in [-0.15, -0.1) is 0 Å². The first-order chi connectivity index (χ1) is 21.7. The van der Waals surface area contributed by atoms with Crippen LogP contribution < -0.4 is 10.7 Å². The number of amides is 4. The van der Waals surface area contributed by atoms with Gasteiger partial charge in [0.1, 0.15) is 5.75 Å². The Kier molecular flexibility index (Phi) is 16.3. The minimum Gasteiger partial charge on any atom is -0.507 e. The molecule has 0 radical (unpaired) electrons. The molecule has 0 bridgehead atoms. The first-order valence-electron chi connectivity index (χ1n) is 18.0. The molecule has 0 spiro atoms. The van der Waals surface area contributed by atoms with Gasteiger partial charge in [-0.05, 0) is 29.4 Å². The van der Waals surface area contributed by atoms with E-state index in [0.717, 1.165) is 19.3 Å². The van der Waals surface area contributed by atoms with Crippen LogP contribution in [-0.2, 0) is 30.0 Å². The van der Waals surface area contributed by atoms with Crippen LogP contribution in [0.15, 0.2) is 12.1 Å². The van der Waals surface area contributed by atoms with Crippen molar-refractivity contribution in [3.63, 3.8) is 0 Å². The van der Waals surface area contributed by atoms with Crippen molar-refractivity contribution in [3.8, 4) is 5.75 Å². The standard InChI is InChI=1S/C38H63N3O5/c1-8-9-10-11-12-13-14-15-16-17-18-19-20-21-22-23-24-28-25-32(42)41(36(28)46)40-35(45)34(44)39-29-26-30(37(2,3)4)33(43)31(27-29)38(5,6)7/h26-28,43H,8-25H2,1-7H3,(H,39,44)(H,40,45). The van der Waals surface area contributed by atoms with Gasteiger partial charge in [-0.1, -0.05) is 151 Å².